The Hall–Kier alpha value is -2.70. The first kappa shape index (κ1) is 15.8. The van der Waals surface area contributed by atoms with Gasteiger partial charge in [0.25, 0.3) is 0 Å². The van der Waals surface area contributed by atoms with Crippen LogP contribution in [-0.2, 0) is 13.5 Å². The van der Waals surface area contributed by atoms with Gasteiger partial charge in [0, 0.05) is 45.1 Å². The molecule has 0 amide bonds. The lowest BCUT2D eigenvalue weighted by Crippen LogP contribution is -2.37. The van der Waals surface area contributed by atoms with Gasteiger partial charge in [0.15, 0.2) is 11.6 Å². The van der Waals surface area contributed by atoms with Crippen LogP contribution in [0, 0.1) is 12.8 Å². The van der Waals surface area contributed by atoms with Crippen molar-refractivity contribution >= 4 is 5.82 Å². The van der Waals surface area contributed by atoms with Crippen molar-refractivity contribution in [3.63, 3.8) is 0 Å². The van der Waals surface area contributed by atoms with Gasteiger partial charge in [-0.15, -0.1) is 10.2 Å². The molecule has 0 bridgehead atoms. The average molecular weight is 337 g/mol. The first-order chi connectivity index (χ1) is 12.2. The summed E-state index contributed by atoms with van der Waals surface area (Å²) < 4.78 is 3.87. The number of aryl methyl sites for hydroxylation is 2. The van der Waals surface area contributed by atoms with Crippen LogP contribution in [0.25, 0.3) is 5.82 Å². The lowest BCUT2D eigenvalue weighted by atomic mass is 9.94. The van der Waals surface area contributed by atoms with E-state index in [9.17, 15) is 0 Å². The molecule has 25 heavy (non-hydrogen) atoms. The van der Waals surface area contributed by atoms with Crippen LogP contribution in [0.5, 0.6) is 0 Å². The van der Waals surface area contributed by atoms with E-state index in [0.717, 1.165) is 42.7 Å². The Kier molecular flexibility index (Phi) is 4.21. The molecule has 0 aromatic carbocycles. The second kappa shape index (κ2) is 6.66. The van der Waals surface area contributed by atoms with Gasteiger partial charge in [-0.25, -0.2) is 9.67 Å². The lowest BCUT2D eigenvalue weighted by Gasteiger charge is -2.33. The molecule has 7 nitrogen and oxygen atoms in total. The molecule has 1 aliphatic rings. The van der Waals surface area contributed by atoms with Gasteiger partial charge in [0.1, 0.15) is 5.82 Å². The standard InChI is InChI=1S/C18H23N7/c1-14-7-10-25(22-14)17-6-5-16(20-21-17)24-9-3-4-15(13-24)12-18-19-8-11-23(18)2/h5-8,10-11,15H,3-4,9,12-13H2,1-2H3. The smallest absolute Gasteiger partial charge is 0.175 e. The maximum absolute atomic E-state index is 4.46. The predicted octanol–water partition coefficient (Wildman–Crippen LogP) is 2.16. The highest BCUT2D eigenvalue weighted by Gasteiger charge is 2.22. The van der Waals surface area contributed by atoms with Gasteiger partial charge in [-0.05, 0) is 43.9 Å². The number of imidazole rings is 1. The van der Waals surface area contributed by atoms with Crippen LogP contribution in [0.15, 0.2) is 36.8 Å². The third kappa shape index (κ3) is 3.40. The van der Waals surface area contributed by atoms with Crippen molar-refractivity contribution in [2.75, 3.05) is 18.0 Å². The monoisotopic (exact) mass is 337 g/mol. The number of nitrogens with zero attached hydrogens (tertiary/aromatic N) is 7. The van der Waals surface area contributed by atoms with Crippen LogP contribution in [0.4, 0.5) is 5.82 Å². The maximum Gasteiger partial charge on any atom is 0.175 e. The van der Waals surface area contributed by atoms with Gasteiger partial charge in [0.2, 0.25) is 0 Å². The van der Waals surface area contributed by atoms with Crippen LogP contribution in [0.1, 0.15) is 24.4 Å². The molecule has 0 radical (unpaired) electrons. The quantitative estimate of drug-likeness (QED) is 0.730. The summed E-state index contributed by atoms with van der Waals surface area (Å²) in [7, 11) is 2.06. The summed E-state index contributed by atoms with van der Waals surface area (Å²) in [5, 5.41) is 13.2. The molecule has 3 aromatic rings. The van der Waals surface area contributed by atoms with Gasteiger partial charge < -0.3 is 9.47 Å². The third-order valence-electron chi connectivity index (χ3n) is 4.83. The molecule has 0 saturated carbocycles. The minimum absolute atomic E-state index is 0.602. The van der Waals surface area contributed by atoms with E-state index < -0.39 is 0 Å². The van der Waals surface area contributed by atoms with Crippen molar-refractivity contribution in [1.29, 1.82) is 0 Å². The zero-order valence-electron chi connectivity index (χ0n) is 14.7. The molecule has 1 saturated heterocycles. The van der Waals surface area contributed by atoms with Crippen molar-refractivity contribution in [3.8, 4) is 5.82 Å². The number of anilines is 1. The molecule has 1 atom stereocenters. The number of piperidine rings is 1. The molecule has 130 valence electrons. The summed E-state index contributed by atoms with van der Waals surface area (Å²) in [6.45, 7) is 4.00. The topological polar surface area (TPSA) is 64.7 Å². The minimum atomic E-state index is 0.602. The first-order valence-corrected chi connectivity index (χ1v) is 8.76. The van der Waals surface area contributed by atoms with E-state index >= 15 is 0 Å². The fraction of sp³-hybridized carbons (Fsp3) is 0.444. The number of hydrogen-bond donors (Lipinski definition) is 0. The summed E-state index contributed by atoms with van der Waals surface area (Å²) in [6, 6.07) is 5.99. The second-order valence-electron chi connectivity index (χ2n) is 6.76. The molecule has 0 aliphatic carbocycles. The fourth-order valence-electron chi connectivity index (χ4n) is 3.44. The Bertz CT molecular complexity index is 833. The molecule has 0 spiro atoms. The van der Waals surface area contributed by atoms with Gasteiger partial charge >= 0.3 is 0 Å². The molecule has 4 heterocycles. The van der Waals surface area contributed by atoms with E-state index in [1.54, 1.807) is 4.68 Å². The molecule has 3 aromatic heterocycles. The molecule has 0 N–H and O–H groups in total. The summed E-state index contributed by atoms with van der Waals surface area (Å²) in [4.78, 5) is 6.80. The molecule has 1 aliphatic heterocycles. The second-order valence-corrected chi connectivity index (χ2v) is 6.76. The summed E-state index contributed by atoms with van der Waals surface area (Å²) in [5.74, 6) is 3.45. The zero-order valence-corrected chi connectivity index (χ0v) is 14.7. The van der Waals surface area contributed by atoms with E-state index in [1.807, 2.05) is 43.7 Å². The summed E-state index contributed by atoms with van der Waals surface area (Å²) in [5.41, 5.74) is 0.971. The van der Waals surface area contributed by atoms with Crippen LogP contribution >= 0.6 is 0 Å². The van der Waals surface area contributed by atoms with Crippen LogP contribution in [-0.4, -0.2) is 42.6 Å². The molecule has 7 heteroatoms. The van der Waals surface area contributed by atoms with Crippen molar-refractivity contribution < 1.29 is 0 Å². The molecular weight excluding hydrogens is 314 g/mol. The molecule has 4 rings (SSSR count). The highest BCUT2D eigenvalue weighted by atomic mass is 15.4. The van der Waals surface area contributed by atoms with E-state index in [2.05, 4.69) is 36.8 Å². The van der Waals surface area contributed by atoms with Crippen molar-refractivity contribution in [2.45, 2.75) is 26.2 Å². The number of rotatable bonds is 4. The zero-order chi connectivity index (χ0) is 17.2. The maximum atomic E-state index is 4.46. The summed E-state index contributed by atoms with van der Waals surface area (Å²) >= 11 is 0. The van der Waals surface area contributed by atoms with Gasteiger partial charge in [0.05, 0.1) is 5.69 Å². The Labute approximate surface area is 147 Å². The SMILES string of the molecule is Cc1ccn(-c2ccc(N3CCCC(Cc4nccn4C)C3)nn2)n1. The van der Waals surface area contributed by atoms with Crippen LogP contribution in [0.2, 0.25) is 0 Å². The van der Waals surface area contributed by atoms with Crippen molar-refractivity contribution in [2.24, 2.45) is 13.0 Å². The van der Waals surface area contributed by atoms with Gasteiger partial charge in [-0.1, -0.05) is 0 Å². The fourth-order valence-corrected chi connectivity index (χ4v) is 3.44. The van der Waals surface area contributed by atoms with Gasteiger partial charge in [-0.3, -0.25) is 0 Å². The average Bonchev–Trinajstić information content (AvgIpc) is 3.24. The highest BCUT2D eigenvalue weighted by Crippen LogP contribution is 2.24. The van der Waals surface area contributed by atoms with Crippen molar-refractivity contribution in [3.05, 3.63) is 48.3 Å². The predicted molar refractivity (Wildman–Crippen MR) is 95.7 cm³/mol. The minimum Gasteiger partial charge on any atom is -0.355 e. The first-order valence-electron chi connectivity index (χ1n) is 8.76. The van der Waals surface area contributed by atoms with E-state index in [0.29, 0.717) is 5.92 Å². The Balaban J connectivity index is 1.45. The van der Waals surface area contributed by atoms with Crippen molar-refractivity contribution in [1.82, 2.24) is 29.5 Å². The number of aromatic nitrogens is 6. The van der Waals surface area contributed by atoms with Crippen LogP contribution in [0.3, 0.4) is 0 Å². The molecule has 1 unspecified atom stereocenters. The number of hydrogen-bond acceptors (Lipinski definition) is 5. The summed E-state index contributed by atoms with van der Waals surface area (Å²) in [6.07, 6.45) is 9.22. The molecular formula is C18H23N7. The molecule has 1 fully saturated rings. The van der Waals surface area contributed by atoms with E-state index in [-0.39, 0.29) is 0 Å². The van der Waals surface area contributed by atoms with E-state index in [4.69, 9.17) is 0 Å². The Morgan fingerprint density at radius 3 is 2.64 bits per heavy atom. The highest BCUT2D eigenvalue weighted by molar-refractivity contribution is 5.40. The van der Waals surface area contributed by atoms with Gasteiger partial charge in [-0.2, -0.15) is 5.10 Å². The lowest BCUT2D eigenvalue weighted by molar-refractivity contribution is 0.401. The largest absolute Gasteiger partial charge is 0.355 e. The Morgan fingerprint density at radius 2 is 1.96 bits per heavy atom. The normalized spacial score (nSPS) is 17.8. The van der Waals surface area contributed by atoms with E-state index in [1.165, 1.54) is 12.8 Å². The Morgan fingerprint density at radius 1 is 1.12 bits per heavy atom. The third-order valence-corrected chi connectivity index (χ3v) is 4.83. The van der Waals surface area contributed by atoms with Crippen LogP contribution < -0.4 is 4.90 Å².